The van der Waals surface area contributed by atoms with Gasteiger partial charge in [-0.25, -0.2) is 0 Å². The van der Waals surface area contributed by atoms with Crippen LogP contribution in [0, 0.1) is 11.3 Å². The summed E-state index contributed by atoms with van der Waals surface area (Å²) < 4.78 is 5.46. The molecule has 3 rings (SSSR count). The van der Waals surface area contributed by atoms with Gasteiger partial charge in [-0.15, -0.1) is 0 Å². The zero-order valence-corrected chi connectivity index (χ0v) is 12.9. The molecule has 1 aliphatic heterocycles. The first-order chi connectivity index (χ1) is 10.5. The van der Waals surface area contributed by atoms with E-state index in [2.05, 4.69) is 0 Å². The van der Waals surface area contributed by atoms with Gasteiger partial charge in [0.2, 0.25) is 0 Å². The molecule has 0 unspecified atom stereocenters. The highest BCUT2D eigenvalue weighted by Gasteiger charge is 2.55. The van der Waals surface area contributed by atoms with E-state index in [0.29, 0.717) is 23.7 Å². The molecule has 1 saturated carbocycles. The summed E-state index contributed by atoms with van der Waals surface area (Å²) in [5.74, 6) is -0.439. The average Bonchev–Trinajstić information content (AvgIpc) is 3.04. The minimum absolute atomic E-state index is 0.0641. The second kappa shape index (κ2) is 5.80. The Kier molecular flexibility index (Phi) is 4.00. The fraction of sp³-hybridized carbons (Fsp3) is 0.500. The number of hydrogen-bond donors (Lipinski definition) is 1. The van der Waals surface area contributed by atoms with Gasteiger partial charge in [0, 0.05) is 13.1 Å². The molecule has 1 saturated heterocycles. The van der Waals surface area contributed by atoms with Crippen LogP contribution >= 0.6 is 11.6 Å². The van der Waals surface area contributed by atoms with Crippen LogP contribution in [0.1, 0.15) is 19.3 Å². The Morgan fingerprint density at radius 3 is 2.86 bits per heavy atom. The van der Waals surface area contributed by atoms with Crippen LogP contribution in [0.3, 0.4) is 0 Å². The molecule has 6 heteroatoms. The van der Waals surface area contributed by atoms with Crippen LogP contribution < -0.4 is 4.74 Å². The lowest BCUT2D eigenvalue weighted by molar-refractivity contribution is -0.149. The van der Waals surface area contributed by atoms with Crippen LogP contribution in [-0.2, 0) is 9.59 Å². The third-order valence-corrected chi connectivity index (χ3v) is 5.15. The van der Waals surface area contributed by atoms with Gasteiger partial charge in [0.15, 0.2) is 6.61 Å². The summed E-state index contributed by atoms with van der Waals surface area (Å²) in [4.78, 5) is 25.5. The minimum atomic E-state index is -0.780. The zero-order valence-electron chi connectivity index (χ0n) is 12.1. The highest BCUT2D eigenvalue weighted by atomic mass is 35.5. The first-order valence-corrected chi connectivity index (χ1v) is 7.79. The third-order valence-electron chi connectivity index (χ3n) is 4.84. The smallest absolute Gasteiger partial charge is 0.311 e. The summed E-state index contributed by atoms with van der Waals surface area (Å²) in [5, 5.41) is 9.99. The summed E-state index contributed by atoms with van der Waals surface area (Å²) in [6, 6.07) is 6.97. The van der Waals surface area contributed by atoms with Crippen molar-refractivity contribution in [3.8, 4) is 5.75 Å². The Morgan fingerprint density at radius 2 is 2.18 bits per heavy atom. The third kappa shape index (κ3) is 2.54. The molecule has 1 N–H and O–H groups in total. The molecule has 1 aliphatic carbocycles. The quantitative estimate of drug-likeness (QED) is 0.924. The SMILES string of the molecule is O=C(COc1ccccc1Cl)N1C[C@@H]2CCC[C@@]2(C(=O)O)C1. The number of halogens is 1. The molecule has 118 valence electrons. The van der Waals surface area contributed by atoms with Crippen molar-refractivity contribution in [1.29, 1.82) is 0 Å². The molecule has 2 aliphatic rings. The number of nitrogens with zero attached hydrogens (tertiary/aromatic N) is 1. The van der Waals surface area contributed by atoms with Gasteiger partial charge in [-0.2, -0.15) is 0 Å². The Morgan fingerprint density at radius 1 is 1.41 bits per heavy atom. The van der Waals surface area contributed by atoms with E-state index in [1.54, 1.807) is 29.2 Å². The molecule has 2 atom stereocenters. The van der Waals surface area contributed by atoms with Crippen molar-refractivity contribution in [1.82, 2.24) is 4.90 Å². The molecular weight excluding hydrogens is 306 g/mol. The number of hydrogen-bond acceptors (Lipinski definition) is 3. The molecule has 0 aromatic heterocycles. The number of carbonyl (C=O) groups is 2. The van der Waals surface area contributed by atoms with Crippen molar-refractivity contribution < 1.29 is 19.4 Å². The minimum Gasteiger partial charge on any atom is -0.482 e. The molecule has 5 nitrogen and oxygen atoms in total. The van der Waals surface area contributed by atoms with Gasteiger partial charge < -0.3 is 14.7 Å². The number of benzene rings is 1. The number of aliphatic carboxylic acids is 1. The number of fused-ring (bicyclic) bond motifs is 1. The molecule has 0 radical (unpaired) electrons. The molecule has 22 heavy (non-hydrogen) atoms. The van der Waals surface area contributed by atoms with Crippen LogP contribution in [0.25, 0.3) is 0 Å². The molecule has 0 spiro atoms. The van der Waals surface area contributed by atoms with Gasteiger partial charge in [-0.3, -0.25) is 9.59 Å². The van der Waals surface area contributed by atoms with Crippen LogP contribution in [0.5, 0.6) is 5.75 Å². The predicted molar refractivity (Wildman–Crippen MR) is 80.9 cm³/mol. The van der Waals surface area contributed by atoms with Gasteiger partial charge in [-0.05, 0) is 30.9 Å². The number of carbonyl (C=O) groups excluding carboxylic acids is 1. The summed E-state index contributed by atoms with van der Waals surface area (Å²) >= 11 is 5.98. The van der Waals surface area contributed by atoms with Crippen LogP contribution in [0.15, 0.2) is 24.3 Å². The van der Waals surface area contributed by atoms with Gasteiger partial charge in [0.25, 0.3) is 5.91 Å². The summed E-state index contributed by atoms with van der Waals surface area (Å²) in [6.45, 7) is 0.681. The van der Waals surface area contributed by atoms with Gasteiger partial charge in [0.05, 0.1) is 10.4 Å². The maximum atomic E-state index is 12.3. The normalized spacial score (nSPS) is 26.8. The van der Waals surface area contributed by atoms with Crippen LogP contribution in [0.4, 0.5) is 0 Å². The largest absolute Gasteiger partial charge is 0.482 e. The van der Waals surface area contributed by atoms with Gasteiger partial charge in [-0.1, -0.05) is 30.2 Å². The highest BCUT2D eigenvalue weighted by molar-refractivity contribution is 6.32. The lowest BCUT2D eigenvalue weighted by atomic mass is 9.81. The van der Waals surface area contributed by atoms with E-state index in [0.717, 1.165) is 12.8 Å². The molecule has 2 fully saturated rings. The van der Waals surface area contributed by atoms with E-state index in [1.165, 1.54) is 0 Å². The van der Waals surface area contributed by atoms with Crippen molar-refractivity contribution in [3.05, 3.63) is 29.3 Å². The molecule has 1 aromatic rings. The first-order valence-electron chi connectivity index (χ1n) is 7.41. The van der Waals surface area contributed by atoms with Crippen molar-refractivity contribution >= 4 is 23.5 Å². The monoisotopic (exact) mass is 323 g/mol. The number of rotatable bonds is 4. The van der Waals surface area contributed by atoms with Gasteiger partial charge >= 0.3 is 5.97 Å². The molecule has 1 heterocycles. The number of carboxylic acid groups (broad SMARTS) is 1. The molecule has 1 amide bonds. The fourth-order valence-corrected chi connectivity index (χ4v) is 3.81. The Balaban J connectivity index is 1.63. The Hall–Kier alpha value is -1.75. The number of amides is 1. The number of para-hydroxylation sites is 1. The fourth-order valence-electron chi connectivity index (χ4n) is 3.62. The summed E-state index contributed by atoms with van der Waals surface area (Å²) in [5.41, 5.74) is -0.750. The lowest BCUT2D eigenvalue weighted by Crippen LogP contribution is -2.38. The molecule has 0 bridgehead atoms. The van der Waals surface area contributed by atoms with E-state index in [-0.39, 0.29) is 25.0 Å². The lowest BCUT2D eigenvalue weighted by Gasteiger charge is -2.23. The average molecular weight is 324 g/mol. The predicted octanol–water partition coefficient (Wildman–Crippen LogP) is 2.43. The first kappa shape index (κ1) is 15.2. The second-order valence-electron chi connectivity index (χ2n) is 6.04. The van der Waals surface area contributed by atoms with Crippen molar-refractivity contribution in [2.24, 2.45) is 11.3 Å². The highest BCUT2D eigenvalue weighted by Crippen LogP contribution is 2.48. The van der Waals surface area contributed by atoms with Crippen LogP contribution in [-0.4, -0.2) is 41.6 Å². The number of likely N-dealkylation sites (tertiary alicyclic amines) is 1. The van der Waals surface area contributed by atoms with Gasteiger partial charge in [0.1, 0.15) is 5.75 Å². The Labute approximate surface area is 133 Å². The van der Waals surface area contributed by atoms with Crippen molar-refractivity contribution in [2.75, 3.05) is 19.7 Å². The van der Waals surface area contributed by atoms with Crippen molar-refractivity contribution in [3.63, 3.8) is 0 Å². The van der Waals surface area contributed by atoms with E-state index in [4.69, 9.17) is 16.3 Å². The number of carboxylic acids is 1. The summed E-state index contributed by atoms with van der Waals surface area (Å²) in [6.07, 6.45) is 2.46. The van der Waals surface area contributed by atoms with E-state index >= 15 is 0 Å². The van der Waals surface area contributed by atoms with E-state index in [1.807, 2.05) is 0 Å². The number of ether oxygens (including phenoxy) is 1. The van der Waals surface area contributed by atoms with E-state index in [9.17, 15) is 14.7 Å². The van der Waals surface area contributed by atoms with E-state index < -0.39 is 11.4 Å². The van der Waals surface area contributed by atoms with Crippen LogP contribution in [0.2, 0.25) is 5.02 Å². The zero-order chi connectivity index (χ0) is 15.7. The topological polar surface area (TPSA) is 66.8 Å². The molecule has 1 aromatic carbocycles. The maximum absolute atomic E-state index is 12.3. The maximum Gasteiger partial charge on any atom is 0.311 e. The standard InChI is InChI=1S/C16H18ClNO4/c17-12-5-1-2-6-13(12)22-9-14(19)18-8-11-4-3-7-16(11,10-18)15(20)21/h1-2,5-6,11H,3-4,7-10H2,(H,20,21)/t11-,16+/m0/s1. The van der Waals surface area contributed by atoms with Crippen molar-refractivity contribution in [2.45, 2.75) is 19.3 Å². The second-order valence-corrected chi connectivity index (χ2v) is 6.45. The summed E-state index contributed by atoms with van der Waals surface area (Å²) in [7, 11) is 0. The molecular formula is C16H18ClNO4. The Bertz CT molecular complexity index is 606.